The van der Waals surface area contributed by atoms with E-state index in [-0.39, 0.29) is 0 Å². The van der Waals surface area contributed by atoms with Gasteiger partial charge in [-0.15, -0.1) is 0 Å². The molecule has 0 radical (unpaired) electrons. The van der Waals surface area contributed by atoms with Crippen molar-refractivity contribution >= 4 is 28.8 Å². The summed E-state index contributed by atoms with van der Waals surface area (Å²) in [6, 6.07) is 17.0. The van der Waals surface area contributed by atoms with E-state index >= 15 is 0 Å². The van der Waals surface area contributed by atoms with Gasteiger partial charge in [0.2, 0.25) is 7.38 Å². The molecule has 2 aromatic rings. The van der Waals surface area contributed by atoms with Crippen LogP contribution in [0.4, 0.5) is 0 Å². The Morgan fingerprint density at radius 3 is 1.67 bits per heavy atom. The maximum atomic E-state index is 6.77. The van der Waals surface area contributed by atoms with Crippen molar-refractivity contribution in [3.8, 4) is 11.1 Å². The maximum Gasteiger partial charge on any atom is 0.215 e. The minimum atomic E-state index is -1.91. The lowest BCUT2D eigenvalue weighted by Gasteiger charge is -2.14. The Bertz CT molecular complexity index is 484. The smallest absolute Gasteiger partial charge is 0.155 e. The number of hydrogen-bond donors (Lipinski definition) is 0. The summed E-state index contributed by atoms with van der Waals surface area (Å²) in [5.41, 5.74) is 2.66. The molecule has 0 amide bonds. The average Bonchev–Trinajstić information content (AvgIpc) is 2.51. The van der Waals surface area contributed by atoms with Crippen LogP contribution in [0.2, 0.25) is 6.55 Å². The molecule has 0 unspecified atom stereocenters. The number of rotatable bonds is 0. The molecule has 2 heteroatoms. The van der Waals surface area contributed by atoms with Gasteiger partial charge < -0.3 is 0 Å². The summed E-state index contributed by atoms with van der Waals surface area (Å²) in [7, 11) is -1.91. The molecule has 0 fully saturated rings. The second-order valence-corrected chi connectivity index (χ2v) is 9.45. The Kier molecular flexibility index (Phi) is 1.82. The molecule has 15 heavy (non-hydrogen) atoms. The second kappa shape index (κ2) is 2.97. The molecule has 1 aliphatic heterocycles. The van der Waals surface area contributed by atoms with Crippen molar-refractivity contribution in [1.29, 1.82) is 0 Å². The Hall–Kier alpha value is -1.05. The lowest BCUT2D eigenvalue weighted by Crippen LogP contribution is -2.46. The van der Waals surface area contributed by atoms with Crippen LogP contribution in [0.5, 0.6) is 0 Å². The van der Waals surface area contributed by atoms with Crippen molar-refractivity contribution in [3.05, 3.63) is 48.5 Å². The maximum absolute atomic E-state index is 6.77. The molecule has 3 rings (SSSR count). The first kappa shape index (κ1) is 9.19. The third-order valence-corrected chi connectivity index (χ3v) is 7.27. The molecule has 74 valence electrons. The van der Waals surface area contributed by atoms with Crippen molar-refractivity contribution in [2.24, 2.45) is 0 Å². The molecule has 0 nitrogen and oxygen atoms in total. The Morgan fingerprint density at radius 2 is 1.20 bits per heavy atom. The van der Waals surface area contributed by atoms with Crippen LogP contribution in [0, 0.1) is 0 Å². The lowest BCUT2D eigenvalue weighted by molar-refractivity contribution is 1.71. The first-order chi connectivity index (χ1) is 7.21. The Labute approximate surface area is 95.2 Å². The SMILES string of the molecule is C[Si]1(Cl)c2ccccc2-c2ccccc21. The van der Waals surface area contributed by atoms with E-state index in [0.29, 0.717) is 0 Å². The van der Waals surface area contributed by atoms with Crippen LogP contribution in [0.1, 0.15) is 0 Å². The van der Waals surface area contributed by atoms with Gasteiger partial charge in [0.1, 0.15) is 0 Å². The zero-order chi connectivity index (χ0) is 10.5. The van der Waals surface area contributed by atoms with E-state index in [1.54, 1.807) is 0 Å². The molecule has 2 aromatic carbocycles. The summed E-state index contributed by atoms with van der Waals surface area (Å²) >= 11 is 6.77. The normalized spacial score (nSPS) is 15.9. The Balaban J connectivity index is 2.42. The van der Waals surface area contributed by atoms with E-state index in [9.17, 15) is 0 Å². The number of hydrogen-bond acceptors (Lipinski definition) is 0. The summed E-state index contributed by atoms with van der Waals surface area (Å²) < 4.78 is 0. The molecule has 0 bridgehead atoms. The molecule has 0 spiro atoms. The van der Waals surface area contributed by atoms with Crippen molar-refractivity contribution in [1.82, 2.24) is 0 Å². The second-order valence-electron chi connectivity index (χ2n) is 4.09. The fourth-order valence-corrected chi connectivity index (χ4v) is 5.94. The zero-order valence-corrected chi connectivity index (χ0v) is 10.3. The van der Waals surface area contributed by atoms with Gasteiger partial charge in [-0.1, -0.05) is 48.5 Å². The predicted octanol–water partition coefficient (Wildman–Crippen LogP) is 2.60. The van der Waals surface area contributed by atoms with Crippen molar-refractivity contribution in [2.75, 3.05) is 0 Å². The molecule has 0 saturated heterocycles. The van der Waals surface area contributed by atoms with E-state index < -0.39 is 7.38 Å². The van der Waals surface area contributed by atoms with E-state index in [4.69, 9.17) is 11.1 Å². The highest BCUT2D eigenvalue weighted by Crippen LogP contribution is 2.29. The summed E-state index contributed by atoms with van der Waals surface area (Å²) in [4.78, 5) is 0. The quantitative estimate of drug-likeness (QED) is 0.482. The molecular formula is C13H11ClSi. The van der Waals surface area contributed by atoms with E-state index in [1.807, 2.05) is 0 Å². The molecule has 0 saturated carbocycles. The molecule has 1 aliphatic rings. The molecule has 1 heterocycles. The average molecular weight is 231 g/mol. The van der Waals surface area contributed by atoms with Crippen LogP contribution < -0.4 is 10.4 Å². The van der Waals surface area contributed by atoms with Gasteiger partial charge in [-0.3, -0.25) is 0 Å². The third-order valence-electron chi connectivity index (χ3n) is 3.16. The summed E-state index contributed by atoms with van der Waals surface area (Å²) in [5.74, 6) is 0. The van der Waals surface area contributed by atoms with Gasteiger partial charge in [-0.2, -0.15) is 11.1 Å². The van der Waals surface area contributed by atoms with Crippen LogP contribution in [0.25, 0.3) is 11.1 Å². The first-order valence-corrected chi connectivity index (χ1v) is 8.61. The highest BCUT2D eigenvalue weighted by molar-refractivity contribution is 7.35. The lowest BCUT2D eigenvalue weighted by atomic mass is 10.1. The van der Waals surface area contributed by atoms with Gasteiger partial charge in [0.05, 0.1) is 0 Å². The predicted molar refractivity (Wildman–Crippen MR) is 68.6 cm³/mol. The van der Waals surface area contributed by atoms with E-state index in [0.717, 1.165) is 0 Å². The molecule has 0 atom stereocenters. The fourth-order valence-electron chi connectivity index (χ4n) is 2.40. The van der Waals surface area contributed by atoms with Crippen LogP contribution in [-0.4, -0.2) is 7.38 Å². The minimum absolute atomic E-state index is 1.33. The topological polar surface area (TPSA) is 0 Å². The molecule has 0 N–H and O–H groups in total. The monoisotopic (exact) mass is 230 g/mol. The van der Waals surface area contributed by atoms with Crippen LogP contribution >= 0.6 is 11.1 Å². The third kappa shape index (κ3) is 1.14. The number of halogens is 1. The van der Waals surface area contributed by atoms with E-state index in [2.05, 4.69) is 55.1 Å². The first-order valence-electron chi connectivity index (χ1n) is 5.09. The molecule has 0 aliphatic carbocycles. The highest BCUT2D eigenvalue weighted by Gasteiger charge is 2.39. The van der Waals surface area contributed by atoms with Gasteiger partial charge in [0.25, 0.3) is 0 Å². The van der Waals surface area contributed by atoms with Gasteiger partial charge in [-0.25, -0.2) is 0 Å². The summed E-state index contributed by atoms with van der Waals surface area (Å²) in [6.45, 7) is 2.21. The summed E-state index contributed by atoms with van der Waals surface area (Å²) in [5, 5.41) is 2.71. The Morgan fingerprint density at radius 1 is 0.800 bits per heavy atom. The summed E-state index contributed by atoms with van der Waals surface area (Å²) in [6.07, 6.45) is 0. The number of fused-ring (bicyclic) bond motifs is 3. The van der Waals surface area contributed by atoms with Gasteiger partial charge >= 0.3 is 0 Å². The standard InChI is InChI=1S/C13H11ClSi/c1-15(14)12-8-4-2-6-10(12)11-7-3-5-9-13(11)15/h2-9H,1H3. The van der Waals surface area contributed by atoms with Crippen LogP contribution in [-0.2, 0) is 0 Å². The van der Waals surface area contributed by atoms with E-state index in [1.165, 1.54) is 21.5 Å². The van der Waals surface area contributed by atoms with Gasteiger partial charge in [0, 0.05) is 0 Å². The van der Waals surface area contributed by atoms with Crippen LogP contribution in [0.15, 0.2) is 48.5 Å². The van der Waals surface area contributed by atoms with Gasteiger partial charge in [0.15, 0.2) is 0 Å². The van der Waals surface area contributed by atoms with Crippen LogP contribution in [0.3, 0.4) is 0 Å². The molecular weight excluding hydrogens is 220 g/mol. The van der Waals surface area contributed by atoms with Gasteiger partial charge in [-0.05, 0) is 28.0 Å². The highest BCUT2D eigenvalue weighted by atomic mass is 35.6. The van der Waals surface area contributed by atoms with Crippen molar-refractivity contribution < 1.29 is 0 Å². The molecule has 0 aromatic heterocycles. The largest absolute Gasteiger partial charge is 0.215 e. The zero-order valence-electron chi connectivity index (χ0n) is 8.50. The van der Waals surface area contributed by atoms with Crippen molar-refractivity contribution in [3.63, 3.8) is 0 Å². The van der Waals surface area contributed by atoms with Crippen molar-refractivity contribution in [2.45, 2.75) is 6.55 Å². The minimum Gasteiger partial charge on any atom is -0.155 e. The number of benzene rings is 2. The fraction of sp³-hybridized carbons (Fsp3) is 0.0769.